The predicted octanol–water partition coefficient (Wildman–Crippen LogP) is 3.45. The SMILES string of the molecule is O=C(N/N=C/c1ccccc1F)c1ccccc1NS(=O)(=O)c1cccs1. The molecule has 9 heteroatoms. The molecule has 0 aliphatic heterocycles. The number of carbonyl (C=O) groups is 1. The monoisotopic (exact) mass is 403 g/mol. The number of halogens is 1. The molecular weight excluding hydrogens is 389 g/mol. The van der Waals surface area contributed by atoms with Crippen molar-refractivity contribution in [1.29, 1.82) is 0 Å². The van der Waals surface area contributed by atoms with Crippen molar-refractivity contribution in [2.45, 2.75) is 4.21 Å². The first-order chi connectivity index (χ1) is 13.0. The summed E-state index contributed by atoms with van der Waals surface area (Å²) in [5.74, 6) is -1.10. The molecule has 2 aromatic carbocycles. The Balaban J connectivity index is 1.77. The van der Waals surface area contributed by atoms with E-state index in [2.05, 4.69) is 15.2 Å². The quantitative estimate of drug-likeness (QED) is 0.488. The molecule has 27 heavy (non-hydrogen) atoms. The van der Waals surface area contributed by atoms with E-state index >= 15 is 0 Å². The van der Waals surface area contributed by atoms with E-state index in [1.54, 1.807) is 35.7 Å². The van der Waals surface area contributed by atoms with Gasteiger partial charge in [0.2, 0.25) is 0 Å². The summed E-state index contributed by atoms with van der Waals surface area (Å²) in [6, 6.07) is 15.2. The Bertz CT molecular complexity index is 1080. The van der Waals surface area contributed by atoms with Crippen molar-refractivity contribution in [1.82, 2.24) is 5.43 Å². The maximum absolute atomic E-state index is 13.5. The van der Waals surface area contributed by atoms with Crippen LogP contribution in [0.4, 0.5) is 10.1 Å². The molecule has 0 aliphatic rings. The number of sulfonamides is 1. The maximum Gasteiger partial charge on any atom is 0.273 e. The van der Waals surface area contributed by atoms with Gasteiger partial charge in [0.1, 0.15) is 10.0 Å². The topological polar surface area (TPSA) is 87.6 Å². The van der Waals surface area contributed by atoms with Gasteiger partial charge in [-0.1, -0.05) is 36.4 Å². The molecular formula is C18H14FN3O3S2. The minimum atomic E-state index is -3.79. The Hall–Kier alpha value is -3.04. The van der Waals surface area contributed by atoms with Crippen LogP contribution in [0.3, 0.4) is 0 Å². The summed E-state index contributed by atoms with van der Waals surface area (Å²) < 4.78 is 40.8. The van der Waals surface area contributed by atoms with Crippen molar-refractivity contribution in [2.24, 2.45) is 5.10 Å². The number of hydrazone groups is 1. The normalized spacial score (nSPS) is 11.4. The molecule has 1 heterocycles. The van der Waals surface area contributed by atoms with Crippen LogP contribution in [0, 0.1) is 5.82 Å². The van der Waals surface area contributed by atoms with Gasteiger partial charge in [-0.05, 0) is 29.6 Å². The summed E-state index contributed by atoms with van der Waals surface area (Å²) in [7, 11) is -3.79. The molecule has 0 aliphatic carbocycles. The van der Waals surface area contributed by atoms with Crippen molar-refractivity contribution >= 4 is 39.2 Å². The number of benzene rings is 2. The summed E-state index contributed by atoms with van der Waals surface area (Å²) in [5.41, 5.74) is 2.68. The molecule has 0 spiro atoms. The molecule has 1 amide bonds. The molecule has 2 N–H and O–H groups in total. The average molecular weight is 403 g/mol. The molecule has 0 atom stereocenters. The number of anilines is 1. The fourth-order valence-corrected chi connectivity index (χ4v) is 4.25. The lowest BCUT2D eigenvalue weighted by Crippen LogP contribution is -2.21. The van der Waals surface area contributed by atoms with Crippen LogP contribution in [0.1, 0.15) is 15.9 Å². The Labute approximate surface area is 159 Å². The fourth-order valence-electron chi connectivity index (χ4n) is 2.18. The summed E-state index contributed by atoms with van der Waals surface area (Å²) >= 11 is 1.07. The van der Waals surface area contributed by atoms with Crippen molar-refractivity contribution < 1.29 is 17.6 Å². The van der Waals surface area contributed by atoms with Crippen molar-refractivity contribution in [3.63, 3.8) is 0 Å². The third-order valence-electron chi connectivity index (χ3n) is 3.45. The third kappa shape index (κ3) is 4.57. The second-order valence-corrected chi connectivity index (χ2v) is 8.16. The molecule has 0 bridgehead atoms. The van der Waals surface area contributed by atoms with Gasteiger partial charge in [-0.3, -0.25) is 9.52 Å². The first-order valence-corrected chi connectivity index (χ1v) is 10.1. The van der Waals surface area contributed by atoms with Gasteiger partial charge < -0.3 is 0 Å². The largest absolute Gasteiger partial charge is 0.278 e. The Morgan fingerprint density at radius 2 is 1.78 bits per heavy atom. The fraction of sp³-hybridized carbons (Fsp3) is 0. The van der Waals surface area contributed by atoms with Crippen LogP contribution in [0.2, 0.25) is 0 Å². The second kappa shape index (κ2) is 8.11. The van der Waals surface area contributed by atoms with E-state index in [9.17, 15) is 17.6 Å². The van der Waals surface area contributed by atoms with E-state index in [0.717, 1.165) is 11.3 Å². The highest BCUT2D eigenvalue weighted by molar-refractivity contribution is 7.94. The number of carbonyl (C=O) groups excluding carboxylic acids is 1. The van der Waals surface area contributed by atoms with E-state index in [1.165, 1.54) is 36.5 Å². The number of rotatable bonds is 6. The molecule has 3 rings (SSSR count). The van der Waals surface area contributed by atoms with E-state index in [1.807, 2.05) is 0 Å². The smallest absolute Gasteiger partial charge is 0.273 e. The van der Waals surface area contributed by atoms with Gasteiger partial charge in [0.25, 0.3) is 15.9 Å². The standard InChI is InChI=1S/C18H14FN3O3S2/c19-15-8-3-1-6-13(15)12-20-21-18(23)14-7-2-4-9-16(14)22-27(24,25)17-10-5-11-26-17/h1-12,22H,(H,21,23)/b20-12+. The van der Waals surface area contributed by atoms with Crippen LogP contribution in [0.25, 0.3) is 0 Å². The Morgan fingerprint density at radius 3 is 2.52 bits per heavy atom. The van der Waals surface area contributed by atoms with E-state index < -0.39 is 21.7 Å². The van der Waals surface area contributed by atoms with Crippen molar-refractivity contribution in [3.8, 4) is 0 Å². The molecule has 138 valence electrons. The van der Waals surface area contributed by atoms with Crippen LogP contribution in [0.5, 0.6) is 0 Å². The highest BCUT2D eigenvalue weighted by Gasteiger charge is 2.19. The minimum Gasteiger partial charge on any atom is -0.278 e. The minimum absolute atomic E-state index is 0.0864. The zero-order valence-electron chi connectivity index (χ0n) is 13.8. The number of amides is 1. The van der Waals surface area contributed by atoms with Crippen LogP contribution in [-0.2, 0) is 10.0 Å². The van der Waals surface area contributed by atoms with Crippen LogP contribution < -0.4 is 10.1 Å². The van der Waals surface area contributed by atoms with Crippen LogP contribution in [0.15, 0.2) is 75.4 Å². The predicted molar refractivity (Wildman–Crippen MR) is 103 cm³/mol. The molecule has 3 aromatic rings. The Morgan fingerprint density at radius 1 is 1.04 bits per heavy atom. The van der Waals surface area contributed by atoms with Crippen molar-refractivity contribution in [2.75, 3.05) is 4.72 Å². The highest BCUT2D eigenvalue weighted by atomic mass is 32.2. The van der Waals surface area contributed by atoms with Gasteiger partial charge in [-0.2, -0.15) is 5.10 Å². The average Bonchev–Trinajstić information content (AvgIpc) is 3.19. The Kier molecular flexibility index (Phi) is 5.63. The van der Waals surface area contributed by atoms with Gasteiger partial charge in [0.15, 0.2) is 0 Å². The zero-order chi connectivity index (χ0) is 19.3. The molecule has 0 saturated carbocycles. The number of thiophene rings is 1. The molecule has 0 saturated heterocycles. The molecule has 0 fully saturated rings. The first-order valence-electron chi connectivity index (χ1n) is 7.71. The molecule has 0 radical (unpaired) electrons. The number of nitrogens with zero attached hydrogens (tertiary/aromatic N) is 1. The van der Waals surface area contributed by atoms with Gasteiger partial charge in [-0.25, -0.2) is 18.2 Å². The summed E-state index contributed by atoms with van der Waals surface area (Å²) in [5, 5.41) is 5.37. The van der Waals surface area contributed by atoms with Gasteiger partial charge in [0.05, 0.1) is 17.5 Å². The molecule has 0 unspecified atom stereocenters. The van der Waals surface area contributed by atoms with Gasteiger partial charge >= 0.3 is 0 Å². The lowest BCUT2D eigenvalue weighted by molar-refractivity contribution is 0.0956. The lowest BCUT2D eigenvalue weighted by Gasteiger charge is -2.10. The van der Waals surface area contributed by atoms with Crippen molar-refractivity contribution in [3.05, 3.63) is 83.0 Å². The zero-order valence-corrected chi connectivity index (χ0v) is 15.4. The summed E-state index contributed by atoms with van der Waals surface area (Å²) in [6.07, 6.45) is 1.17. The summed E-state index contributed by atoms with van der Waals surface area (Å²) in [6.45, 7) is 0. The van der Waals surface area contributed by atoms with E-state index in [0.29, 0.717) is 0 Å². The number of para-hydroxylation sites is 1. The highest BCUT2D eigenvalue weighted by Crippen LogP contribution is 2.22. The summed E-state index contributed by atoms with van der Waals surface area (Å²) in [4.78, 5) is 12.4. The lowest BCUT2D eigenvalue weighted by atomic mass is 10.2. The first kappa shape index (κ1) is 18.7. The number of nitrogens with one attached hydrogen (secondary N) is 2. The number of hydrogen-bond donors (Lipinski definition) is 2. The maximum atomic E-state index is 13.5. The molecule has 6 nitrogen and oxygen atoms in total. The van der Waals surface area contributed by atoms with E-state index in [4.69, 9.17) is 0 Å². The third-order valence-corrected chi connectivity index (χ3v) is 6.21. The number of hydrogen-bond acceptors (Lipinski definition) is 5. The molecule has 1 aromatic heterocycles. The van der Waals surface area contributed by atoms with E-state index in [-0.39, 0.29) is 21.0 Å². The van der Waals surface area contributed by atoms with Gasteiger partial charge in [0, 0.05) is 5.56 Å². The second-order valence-electron chi connectivity index (χ2n) is 5.30. The van der Waals surface area contributed by atoms with Crippen LogP contribution in [-0.4, -0.2) is 20.5 Å². The van der Waals surface area contributed by atoms with Gasteiger partial charge in [-0.15, -0.1) is 11.3 Å². The van der Waals surface area contributed by atoms with Crippen LogP contribution >= 0.6 is 11.3 Å².